The van der Waals surface area contributed by atoms with Crippen LogP contribution in [0.1, 0.15) is 51.9 Å². The summed E-state index contributed by atoms with van der Waals surface area (Å²) in [4.78, 5) is 33.8. The van der Waals surface area contributed by atoms with E-state index in [9.17, 15) is 9.59 Å². The number of hydrogen-bond donors (Lipinski definition) is 0. The zero-order valence-corrected chi connectivity index (χ0v) is 15.6. The van der Waals surface area contributed by atoms with Gasteiger partial charge in [0.2, 0.25) is 0 Å². The van der Waals surface area contributed by atoms with Crippen LogP contribution in [0.25, 0.3) is 0 Å². The molecular weight excluding hydrogens is 316 g/mol. The molecule has 132 valence electrons. The maximum atomic E-state index is 12.8. The summed E-state index contributed by atoms with van der Waals surface area (Å²) in [7, 11) is 0. The normalized spacial score (nSPS) is 15.4. The van der Waals surface area contributed by atoms with Gasteiger partial charge in [-0.2, -0.15) is 0 Å². The van der Waals surface area contributed by atoms with E-state index in [0.717, 1.165) is 0 Å². The molecule has 0 N–H and O–H groups in total. The van der Waals surface area contributed by atoms with Crippen LogP contribution in [0.5, 0.6) is 0 Å². The second-order valence-electron chi connectivity index (χ2n) is 8.08. The molecule has 0 atom stereocenters. The van der Waals surface area contributed by atoms with E-state index >= 15 is 0 Å². The Kier molecular flexibility index (Phi) is 5.07. The molecule has 0 aromatic carbocycles. The van der Waals surface area contributed by atoms with Crippen LogP contribution in [0.3, 0.4) is 0 Å². The second-order valence-corrected chi connectivity index (χ2v) is 8.08. The summed E-state index contributed by atoms with van der Waals surface area (Å²) in [6.07, 6.45) is 6.37. The van der Waals surface area contributed by atoms with Gasteiger partial charge in [0, 0.05) is 23.5 Å². The number of rotatable bonds is 2. The first kappa shape index (κ1) is 18.8. The van der Waals surface area contributed by atoms with Crippen molar-refractivity contribution in [2.45, 2.75) is 41.5 Å². The molecular formula is C20H24N2O3. The van der Waals surface area contributed by atoms with Crippen molar-refractivity contribution < 1.29 is 14.4 Å². The van der Waals surface area contributed by atoms with Crippen LogP contribution in [-0.4, -0.2) is 22.4 Å². The second kappa shape index (κ2) is 6.75. The average molecular weight is 340 g/mol. The quantitative estimate of drug-likeness (QED) is 0.461. The van der Waals surface area contributed by atoms with Crippen molar-refractivity contribution in [1.82, 2.24) is 4.98 Å². The Morgan fingerprint density at radius 2 is 1.60 bits per heavy atom. The SMILES string of the molecule is CC(C)(C)C1=CC(=NOC(=O)c2cccnc2)C=C(C(C)(C)C)C1=O. The molecule has 0 saturated heterocycles. The Morgan fingerprint density at radius 3 is 2.04 bits per heavy atom. The molecule has 0 fully saturated rings. The summed E-state index contributed by atoms with van der Waals surface area (Å²) in [5, 5.41) is 3.96. The van der Waals surface area contributed by atoms with Crippen LogP contribution >= 0.6 is 0 Å². The van der Waals surface area contributed by atoms with Crippen molar-refractivity contribution in [2.24, 2.45) is 16.0 Å². The summed E-state index contributed by atoms with van der Waals surface area (Å²) in [5.41, 5.74) is 1.39. The van der Waals surface area contributed by atoms with Gasteiger partial charge in [-0.15, -0.1) is 0 Å². The van der Waals surface area contributed by atoms with Crippen LogP contribution in [0, 0.1) is 10.8 Å². The summed E-state index contributed by atoms with van der Waals surface area (Å²) in [5.74, 6) is -0.577. The molecule has 1 aliphatic carbocycles. The highest BCUT2D eigenvalue weighted by molar-refractivity contribution is 6.22. The molecule has 25 heavy (non-hydrogen) atoms. The van der Waals surface area contributed by atoms with E-state index < -0.39 is 5.97 Å². The van der Waals surface area contributed by atoms with E-state index in [1.165, 1.54) is 6.20 Å². The van der Waals surface area contributed by atoms with Crippen LogP contribution in [-0.2, 0) is 9.63 Å². The Hall–Kier alpha value is -2.56. The van der Waals surface area contributed by atoms with Gasteiger partial charge in [0.25, 0.3) is 0 Å². The zero-order valence-electron chi connectivity index (χ0n) is 15.6. The first-order valence-corrected chi connectivity index (χ1v) is 8.18. The Balaban J connectivity index is 2.36. The van der Waals surface area contributed by atoms with Gasteiger partial charge in [-0.1, -0.05) is 46.7 Å². The predicted octanol–water partition coefficient (Wildman–Crippen LogP) is 4.12. The maximum Gasteiger partial charge on any atom is 0.367 e. The number of Topliss-reactive ketones (excluding diaryl/α,β-unsaturated/α-hetero) is 1. The number of pyridine rings is 1. The smallest absolute Gasteiger partial charge is 0.312 e. The monoisotopic (exact) mass is 340 g/mol. The van der Waals surface area contributed by atoms with E-state index in [1.54, 1.807) is 30.5 Å². The van der Waals surface area contributed by atoms with Crippen LogP contribution < -0.4 is 0 Å². The van der Waals surface area contributed by atoms with E-state index in [0.29, 0.717) is 22.4 Å². The lowest BCUT2D eigenvalue weighted by atomic mass is 9.72. The lowest BCUT2D eigenvalue weighted by Crippen LogP contribution is -2.29. The maximum absolute atomic E-state index is 12.8. The van der Waals surface area contributed by atoms with Gasteiger partial charge in [-0.3, -0.25) is 9.78 Å². The van der Waals surface area contributed by atoms with Gasteiger partial charge < -0.3 is 4.84 Å². The lowest BCUT2D eigenvalue weighted by molar-refractivity contribution is -0.114. The third-order valence-corrected chi connectivity index (χ3v) is 3.82. The lowest BCUT2D eigenvalue weighted by Gasteiger charge is -2.30. The molecule has 1 heterocycles. The largest absolute Gasteiger partial charge is 0.367 e. The van der Waals surface area contributed by atoms with Gasteiger partial charge in [-0.25, -0.2) is 4.79 Å². The van der Waals surface area contributed by atoms with Crippen LogP contribution in [0.2, 0.25) is 0 Å². The highest BCUT2D eigenvalue weighted by Gasteiger charge is 2.34. The van der Waals surface area contributed by atoms with E-state index in [2.05, 4.69) is 10.1 Å². The summed E-state index contributed by atoms with van der Waals surface area (Å²) in [6.45, 7) is 11.8. The van der Waals surface area contributed by atoms with Crippen LogP contribution in [0.15, 0.2) is 53.0 Å². The number of carbonyl (C=O) groups is 2. The molecule has 2 rings (SSSR count). The molecule has 1 aromatic heterocycles. The predicted molar refractivity (Wildman–Crippen MR) is 97.2 cm³/mol. The van der Waals surface area contributed by atoms with Crippen molar-refractivity contribution in [1.29, 1.82) is 0 Å². The van der Waals surface area contributed by atoms with Gasteiger partial charge in [0.1, 0.15) is 5.71 Å². The number of oxime groups is 1. The number of allylic oxidation sites excluding steroid dienone is 4. The van der Waals surface area contributed by atoms with E-state index in [4.69, 9.17) is 4.84 Å². The number of aromatic nitrogens is 1. The molecule has 1 aromatic rings. The topological polar surface area (TPSA) is 68.6 Å². The highest BCUT2D eigenvalue weighted by atomic mass is 16.7. The number of nitrogens with zero attached hydrogens (tertiary/aromatic N) is 2. The Bertz CT molecular complexity index is 737. The third-order valence-electron chi connectivity index (χ3n) is 3.82. The molecule has 0 spiro atoms. The molecule has 0 bridgehead atoms. The minimum atomic E-state index is -0.589. The van der Waals surface area contributed by atoms with Gasteiger partial charge in [-0.05, 0) is 35.1 Å². The van der Waals surface area contributed by atoms with Crippen molar-refractivity contribution in [3.8, 4) is 0 Å². The fourth-order valence-electron chi connectivity index (χ4n) is 2.41. The molecule has 5 nitrogen and oxygen atoms in total. The Morgan fingerprint density at radius 1 is 1.04 bits per heavy atom. The van der Waals surface area contributed by atoms with Gasteiger partial charge in [0.05, 0.1) is 5.56 Å². The standard InChI is InChI=1S/C20H24N2O3/c1-19(2,3)15-10-14(11-16(17(15)23)20(4,5)6)22-25-18(24)13-8-7-9-21-12-13/h7-12H,1-6H3. The fourth-order valence-corrected chi connectivity index (χ4v) is 2.41. The van der Waals surface area contributed by atoms with E-state index in [1.807, 2.05) is 41.5 Å². The van der Waals surface area contributed by atoms with Crippen molar-refractivity contribution in [3.05, 3.63) is 53.4 Å². The van der Waals surface area contributed by atoms with Crippen molar-refractivity contribution in [2.75, 3.05) is 0 Å². The average Bonchev–Trinajstić information content (AvgIpc) is 2.52. The molecule has 0 amide bonds. The fraction of sp³-hybridized carbons (Fsp3) is 0.400. The number of hydrogen-bond acceptors (Lipinski definition) is 5. The first-order valence-electron chi connectivity index (χ1n) is 8.18. The minimum absolute atomic E-state index is 0.0116. The molecule has 0 radical (unpaired) electrons. The molecule has 1 aliphatic rings. The van der Waals surface area contributed by atoms with Gasteiger partial charge >= 0.3 is 5.97 Å². The summed E-state index contributed by atoms with van der Waals surface area (Å²) < 4.78 is 0. The van der Waals surface area contributed by atoms with Crippen molar-refractivity contribution in [3.63, 3.8) is 0 Å². The first-order chi connectivity index (χ1) is 11.5. The summed E-state index contributed by atoms with van der Waals surface area (Å²) >= 11 is 0. The third kappa shape index (κ3) is 4.50. The molecule has 0 aliphatic heterocycles. The highest BCUT2D eigenvalue weighted by Crippen LogP contribution is 2.37. The number of ketones is 1. The minimum Gasteiger partial charge on any atom is -0.312 e. The number of carbonyl (C=O) groups excluding carboxylic acids is 2. The summed E-state index contributed by atoms with van der Waals surface area (Å²) in [6, 6.07) is 3.25. The molecule has 5 heteroatoms. The molecule has 0 unspecified atom stereocenters. The Labute approximate surface area is 148 Å². The van der Waals surface area contributed by atoms with Gasteiger partial charge in [0.15, 0.2) is 5.78 Å². The van der Waals surface area contributed by atoms with Crippen LogP contribution in [0.4, 0.5) is 0 Å². The van der Waals surface area contributed by atoms with Crippen molar-refractivity contribution >= 4 is 17.5 Å². The van der Waals surface area contributed by atoms with E-state index in [-0.39, 0.29) is 16.6 Å². The zero-order chi connectivity index (χ0) is 18.8. The molecule has 0 saturated carbocycles.